The minimum absolute atomic E-state index is 0.154. The molecule has 148 valence electrons. The number of nitrogens with zero attached hydrogens (tertiary/aromatic N) is 5. The number of benzene rings is 1. The van der Waals surface area contributed by atoms with E-state index in [1.54, 1.807) is 36.8 Å². The molecule has 3 aromatic rings. The van der Waals surface area contributed by atoms with Gasteiger partial charge < -0.3 is 4.90 Å². The number of carbonyl (C=O) groups is 1. The van der Waals surface area contributed by atoms with Crippen molar-refractivity contribution in [3.63, 3.8) is 0 Å². The van der Waals surface area contributed by atoms with E-state index < -0.39 is 23.4 Å². The molecule has 31 heavy (non-hydrogen) atoms. The molecule has 6 nitrogen and oxygen atoms in total. The van der Waals surface area contributed by atoms with Gasteiger partial charge >= 0.3 is 0 Å². The second kappa shape index (κ2) is 7.19. The lowest BCUT2D eigenvalue weighted by molar-refractivity contribution is 0.0950. The van der Waals surface area contributed by atoms with Crippen LogP contribution in [0.2, 0.25) is 0 Å². The molecule has 1 aromatic carbocycles. The standard InChI is InChI=1S/C25H17N5O/c26-15-25(16-27)20-11-10-18-8-5-13-29-24(18)30(20)22(21(25)19-9-4-12-28-14-19)23(31)17-6-2-1-3-7-17/h1-14,20-22H. The quantitative estimate of drug-likeness (QED) is 0.618. The summed E-state index contributed by atoms with van der Waals surface area (Å²) in [6.45, 7) is 0. The highest BCUT2D eigenvalue weighted by molar-refractivity contribution is 6.04. The summed E-state index contributed by atoms with van der Waals surface area (Å²) in [5.74, 6) is -0.254. The van der Waals surface area contributed by atoms with E-state index in [0.717, 1.165) is 5.56 Å². The molecule has 0 radical (unpaired) electrons. The number of hydrogen-bond donors (Lipinski definition) is 0. The number of ketones is 1. The normalized spacial score (nSPS) is 22.6. The zero-order valence-electron chi connectivity index (χ0n) is 16.5. The third kappa shape index (κ3) is 2.66. The topological polar surface area (TPSA) is 93.7 Å². The molecular weight excluding hydrogens is 386 g/mol. The van der Waals surface area contributed by atoms with Gasteiger partial charge in [0.2, 0.25) is 0 Å². The third-order valence-electron chi connectivity index (χ3n) is 6.13. The Morgan fingerprint density at radius 2 is 1.77 bits per heavy atom. The number of hydrogen-bond acceptors (Lipinski definition) is 6. The Morgan fingerprint density at radius 3 is 2.48 bits per heavy atom. The number of nitriles is 2. The number of carbonyl (C=O) groups excluding carboxylic acids is 1. The van der Waals surface area contributed by atoms with Gasteiger partial charge in [0, 0.05) is 35.6 Å². The van der Waals surface area contributed by atoms with Gasteiger partial charge in [-0.3, -0.25) is 9.78 Å². The second-order valence-electron chi connectivity index (χ2n) is 7.66. The van der Waals surface area contributed by atoms with Crippen molar-refractivity contribution < 1.29 is 4.79 Å². The number of rotatable bonds is 3. The van der Waals surface area contributed by atoms with Crippen LogP contribution < -0.4 is 4.90 Å². The highest BCUT2D eigenvalue weighted by atomic mass is 16.1. The van der Waals surface area contributed by atoms with Crippen LogP contribution in [-0.4, -0.2) is 27.8 Å². The number of Topliss-reactive ketones (excluding diaryl/α,β-unsaturated/α-hetero) is 1. The Balaban J connectivity index is 1.79. The number of fused-ring (bicyclic) bond motifs is 3. The first-order chi connectivity index (χ1) is 15.2. The molecule has 1 saturated heterocycles. The zero-order chi connectivity index (χ0) is 21.4. The van der Waals surface area contributed by atoms with Gasteiger partial charge in [-0.05, 0) is 23.8 Å². The summed E-state index contributed by atoms with van der Waals surface area (Å²) in [6, 6.07) is 19.5. The van der Waals surface area contributed by atoms with E-state index in [2.05, 4.69) is 22.1 Å². The summed E-state index contributed by atoms with van der Waals surface area (Å²) in [5, 5.41) is 20.6. The van der Waals surface area contributed by atoms with E-state index in [4.69, 9.17) is 0 Å². The number of aromatic nitrogens is 2. The Morgan fingerprint density at radius 1 is 1.00 bits per heavy atom. The van der Waals surface area contributed by atoms with Crippen molar-refractivity contribution in [3.05, 3.63) is 96.0 Å². The van der Waals surface area contributed by atoms with E-state index in [9.17, 15) is 15.3 Å². The van der Waals surface area contributed by atoms with Crippen LogP contribution in [0.4, 0.5) is 5.82 Å². The lowest BCUT2D eigenvalue weighted by Crippen LogP contribution is -2.44. The SMILES string of the molecule is N#CC1(C#N)C(c2cccnc2)C(C(=O)c2ccccc2)N2c3ncccc3C=CC21. The van der Waals surface area contributed by atoms with Crippen molar-refractivity contribution in [2.45, 2.75) is 18.0 Å². The second-order valence-corrected chi connectivity index (χ2v) is 7.66. The van der Waals surface area contributed by atoms with Gasteiger partial charge in [0.15, 0.2) is 11.2 Å². The first kappa shape index (κ1) is 18.7. The highest BCUT2D eigenvalue weighted by Crippen LogP contribution is 2.54. The van der Waals surface area contributed by atoms with E-state index in [1.807, 2.05) is 53.5 Å². The van der Waals surface area contributed by atoms with Crippen molar-refractivity contribution in [2.75, 3.05) is 4.90 Å². The van der Waals surface area contributed by atoms with Crippen LogP contribution in [0.1, 0.15) is 27.4 Å². The van der Waals surface area contributed by atoms with Crippen molar-refractivity contribution in [1.82, 2.24) is 9.97 Å². The van der Waals surface area contributed by atoms with Crippen molar-refractivity contribution in [1.29, 1.82) is 10.5 Å². The van der Waals surface area contributed by atoms with Gasteiger partial charge in [-0.1, -0.05) is 48.6 Å². The zero-order valence-corrected chi connectivity index (χ0v) is 16.5. The van der Waals surface area contributed by atoms with E-state index in [-0.39, 0.29) is 5.78 Å². The molecule has 0 N–H and O–H groups in total. The largest absolute Gasteiger partial charge is 0.336 e. The van der Waals surface area contributed by atoms with Gasteiger partial charge in [0.25, 0.3) is 0 Å². The average molecular weight is 403 g/mol. The van der Waals surface area contributed by atoms with Crippen molar-refractivity contribution in [3.8, 4) is 12.1 Å². The smallest absolute Gasteiger partial charge is 0.186 e. The molecule has 5 rings (SSSR count). The van der Waals surface area contributed by atoms with Crippen LogP contribution >= 0.6 is 0 Å². The van der Waals surface area contributed by atoms with Crippen LogP contribution in [-0.2, 0) is 0 Å². The van der Waals surface area contributed by atoms with Gasteiger partial charge in [-0.2, -0.15) is 10.5 Å². The summed E-state index contributed by atoms with van der Waals surface area (Å²) in [4.78, 5) is 24.5. The Bertz CT molecular complexity index is 1240. The van der Waals surface area contributed by atoms with Crippen molar-refractivity contribution in [2.24, 2.45) is 5.41 Å². The Kier molecular flexibility index (Phi) is 4.34. The molecule has 0 bridgehead atoms. The van der Waals surface area contributed by atoms with Gasteiger partial charge in [0.05, 0.1) is 18.2 Å². The van der Waals surface area contributed by atoms with Crippen molar-refractivity contribution >= 4 is 17.7 Å². The molecule has 0 aliphatic carbocycles. The van der Waals surface area contributed by atoms with Crippen LogP contribution in [0.5, 0.6) is 0 Å². The minimum Gasteiger partial charge on any atom is -0.336 e. The summed E-state index contributed by atoms with van der Waals surface area (Å²) in [6.07, 6.45) is 8.66. The molecule has 2 aliphatic heterocycles. The molecule has 4 heterocycles. The Hall–Kier alpha value is -4.29. The molecule has 1 fully saturated rings. The average Bonchev–Trinajstić information content (AvgIpc) is 3.15. The summed E-state index contributed by atoms with van der Waals surface area (Å²) >= 11 is 0. The summed E-state index contributed by atoms with van der Waals surface area (Å²) in [5.41, 5.74) is 0.573. The monoisotopic (exact) mass is 403 g/mol. The molecule has 3 atom stereocenters. The highest BCUT2D eigenvalue weighted by Gasteiger charge is 2.63. The molecular formula is C25H17N5O. The first-order valence-corrected chi connectivity index (χ1v) is 9.94. The minimum atomic E-state index is -1.48. The molecule has 3 unspecified atom stereocenters. The molecule has 0 amide bonds. The summed E-state index contributed by atoms with van der Waals surface area (Å²) < 4.78 is 0. The first-order valence-electron chi connectivity index (χ1n) is 9.94. The fourth-order valence-electron chi connectivity index (χ4n) is 4.80. The van der Waals surface area contributed by atoms with E-state index in [1.165, 1.54) is 0 Å². The molecule has 0 spiro atoms. The number of pyridine rings is 2. The fourth-order valence-corrected chi connectivity index (χ4v) is 4.80. The van der Waals surface area contributed by atoms with Crippen LogP contribution in [0.25, 0.3) is 6.08 Å². The maximum absolute atomic E-state index is 13.9. The van der Waals surface area contributed by atoms with Crippen LogP contribution in [0, 0.1) is 28.1 Å². The van der Waals surface area contributed by atoms with Gasteiger partial charge in [-0.25, -0.2) is 4.98 Å². The maximum atomic E-state index is 13.9. The van der Waals surface area contributed by atoms with Crippen LogP contribution in [0.15, 0.2) is 79.3 Å². The lowest BCUT2D eigenvalue weighted by Gasteiger charge is -2.34. The molecule has 2 aliphatic rings. The van der Waals surface area contributed by atoms with Gasteiger partial charge in [0.1, 0.15) is 11.9 Å². The number of anilines is 1. The molecule has 0 saturated carbocycles. The lowest BCUT2D eigenvalue weighted by atomic mass is 9.69. The molecule has 6 heteroatoms. The Labute approximate surface area is 179 Å². The van der Waals surface area contributed by atoms with Gasteiger partial charge in [-0.15, -0.1) is 0 Å². The van der Waals surface area contributed by atoms with E-state index >= 15 is 0 Å². The van der Waals surface area contributed by atoms with Crippen LogP contribution in [0.3, 0.4) is 0 Å². The van der Waals surface area contributed by atoms with E-state index in [0.29, 0.717) is 16.9 Å². The predicted molar refractivity (Wildman–Crippen MR) is 115 cm³/mol. The maximum Gasteiger partial charge on any atom is 0.186 e. The summed E-state index contributed by atoms with van der Waals surface area (Å²) in [7, 11) is 0. The predicted octanol–water partition coefficient (Wildman–Crippen LogP) is 3.76. The molecule has 2 aromatic heterocycles. The third-order valence-corrected chi connectivity index (χ3v) is 6.13. The fraction of sp³-hybridized carbons (Fsp3) is 0.160.